The molecule has 110 valence electrons. The fourth-order valence-electron chi connectivity index (χ4n) is 1.93. The van der Waals surface area contributed by atoms with Crippen molar-refractivity contribution in [3.8, 4) is 0 Å². The highest BCUT2D eigenvalue weighted by Crippen LogP contribution is 2.23. The van der Waals surface area contributed by atoms with E-state index in [-0.39, 0.29) is 0 Å². The number of ether oxygens (including phenoxy) is 1. The predicted octanol–water partition coefficient (Wildman–Crippen LogP) is 3.56. The van der Waals surface area contributed by atoms with Crippen molar-refractivity contribution >= 4 is 39.4 Å². The lowest BCUT2D eigenvalue weighted by atomic mass is 9.95. The minimum atomic E-state index is -1.06. The minimum absolute atomic E-state index is 0.320. The van der Waals surface area contributed by atoms with Crippen molar-refractivity contribution in [2.24, 2.45) is 0 Å². The molecule has 0 radical (unpaired) electrons. The van der Waals surface area contributed by atoms with Gasteiger partial charge in [-0.1, -0.05) is 40.9 Å². The molecule has 0 aromatic heterocycles. The minimum Gasteiger partial charge on any atom is -0.467 e. The summed E-state index contributed by atoms with van der Waals surface area (Å²) < 4.78 is 5.54. The molecular weight excluding hydrogens is 346 g/mol. The van der Waals surface area contributed by atoms with Crippen LogP contribution in [0.3, 0.4) is 0 Å². The Morgan fingerprint density at radius 3 is 2.60 bits per heavy atom. The standard InChI is InChI=1S/C14H17BrClNO3/c1-4-7-14(2,13(19)20-3)17-12(18)10-6-5-9(15)8-11(10)16/h5-6,8H,4,7H2,1-3H3,(H,17,18). The summed E-state index contributed by atoms with van der Waals surface area (Å²) in [6, 6.07) is 4.95. The Kier molecular flexibility index (Phi) is 6.02. The summed E-state index contributed by atoms with van der Waals surface area (Å²) in [6.45, 7) is 3.58. The van der Waals surface area contributed by atoms with Gasteiger partial charge in [-0.15, -0.1) is 0 Å². The summed E-state index contributed by atoms with van der Waals surface area (Å²) in [5.41, 5.74) is -0.738. The van der Waals surface area contributed by atoms with Gasteiger partial charge in [0, 0.05) is 4.47 Å². The highest BCUT2D eigenvalue weighted by Gasteiger charge is 2.35. The van der Waals surface area contributed by atoms with E-state index in [1.165, 1.54) is 7.11 Å². The summed E-state index contributed by atoms with van der Waals surface area (Å²) in [5, 5.41) is 3.03. The Balaban J connectivity index is 2.99. The zero-order valence-corrected chi connectivity index (χ0v) is 14.0. The molecule has 0 bridgehead atoms. The van der Waals surface area contributed by atoms with E-state index >= 15 is 0 Å². The average molecular weight is 363 g/mol. The van der Waals surface area contributed by atoms with Crippen molar-refractivity contribution in [1.82, 2.24) is 5.32 Å². The van der Waals surface area contributed by atoms with E-state index in [1.807, 2.05) is 6.92 Å². The molecule has 0 fully saturated rings. The number of hydrogen-bond donors (Lipinski definition) is 1. The van der Waals surface area contributed by atoms with Crippen LogP contribution in [0, 0.1) is 0 Å². The van der Waals surface area contributed by atoms with Gasteiger partial charge in [0.2, 0.25) is 0 Å². The Hall–Kier alpha value is -1.07. The van der Waals surface area contributed by atoms with Gasteiger partial charge in [-0.05, 0) is 31.5 Å². The lowest BCUT2D eigenvalue weighted by Crippen LogP contribution is -2.52. The number of halogens is 2. The van der Waals surface area contributed by atoms with E-state index in [0.717, 1.165) is 10.9 Å². The van der Waals surface area contributed by atoms with Crippen LogP contribution in [0.2, 0.25) is 5.02 Å². The van der Waals surface area contributed by atoms with Crippen molar-refractivity contribution < 1.29 is 14.3 Å². The third-order valence-corrected chi connectivity index (χ3v) is 3.76. The van der Waals surface area contributed by atoms with Crippen LogP contribution in [-0.4, -0.2) is 24.5 Å². The molecule has 1 atom stereocenters. The highest BCUT2D eigenvalue weighted by molar-refractivity contribution is 9.10. The quantitative estimate of drug-likeness (QED) is 0.815. The van der Waals surface area contributed by atoms with Gasteiger partial charge in [0.15, 0.2) is 0 Å². The lowest BCUT2D eigenvalue weighted by molar-refractivity contribution is -0.147. The normalized spacial score (nSPS) is 13.4. The number of carbonyl (C=O) groups is 2. The van der Waals surface area contributed by atoms with Crippen LogP contribution < -0.4 is 5.32 Å². The lowest BCUT2D eigenvalue weighted by Gasteiger charge is -2.27. The number of methoxy groups -OCH3 is 1. The van der Waals surface area contributed by atoms with Crippen molar-refractivity contribution in [3.63, 3.8) is 0 Å². The van der Waals surface area contributed by atoms with Gasteiger partial charge >= 0.3 is 5.97 Å². The maximum Gasteiger partial charge on any atom is 0.331 e. The van der Waals surface area contributed by atoms with Gasteiger partial charge in [0.05, 0.1) is 17.7 Å². The SMILES string of the molecule is CCCC(C)(NC(=O)c1ccc(Br)cc1Cl)C(=O)OC. The monoisotopic (exact) mass is 361 g/mol. The molecule has 20 heavy (non-hydrogen) atoms. The second kappa shape index (κ2) is 7.09. The molecule has 0 aliphatic heterocycles. The molecular formula is C14H17BrClNO3. The fourth-order valence-corrected chi connectivity index (χ4v) is 2.69. The molecule has 0 heterocycles. The van der Waals surface area contributed by atoms with Crippen molar-refractivity contribution in [2.45, 2.75) is 32.2 Å². The van der Waals surface area contributed by atoms with E-state index in [9.17, 15) is 9.59 Å². The van der Waals surface area contributed by atoms with Gasteiger partial charge < -0.3 is 10.1 Å². The molecule has 1 aromatic carbocycles. The van der Waals surface area contributed by atoms with E-state index < -0.39 is 17.4 Å². The molecule has 0 saturated heterocycles. The van der Waals surface area contributed by atoms with Crippen LogP contribution in [0.4, 0.5) is 0 Å². The van der Waals surface area contributed by atoms with Crippen molar-refractivity contribution in [2.75, 3.05) is 7.11 Å². The van der Waals surface area contributed by atoms with Crippen LogP contribution in [0.1, 0.15) is 37.0 Å². The maximum atomic E-state index is 12.3. The third-order valence-electron chi connectivity index (χ3n) is 2.95. The average Bonchev–Trinajstić information content (AvgIpc) is 2.37. The number of amides is 1. The Morgan fingerprint density at radius 2 is 2.10 bits per heavy atom. The van der Waals surface area contributed by atoms with E-state index in [0.29, 0.717) is 17.0 Å². The summed E-state index contributed by atoms with van der Waals surface area (Å²) in [7, 11) is 1.30. The number of esters is 1. The van der Waals surface area contributed by atoms with Gasteiger partial charge in [-0.25, -0.2) is 4.79 Å². The topological polar surface area (TPSA) is 55.4 Å². The number of carbonyl (C=O) groups excluding carboxylic acids is 2. The predicted molar refractivity (Wildman–Crippen MR) is 81.9 cm³/mol. The maximum absolute atomic E-state index is 12.3. The number of nitrogens with one attached hydrogen (secondary N) is 1. The smallest absolute Gasteiger partial charge is 0.331 e. The number of hydrogen-bond acceptors (Lipinski definition) is 3. The molecule has 1 rings (SSSR count). The van der Waals surface area contributed by atoms with Gasteiger partial charge in [0.1, 0.15) is 5.54 Å². The van der Waals surface area contributed by atoms with Crippen LogP contribution in [-0.2, 0) is 9.53 Å². The molecule has 1 amide bonds. The Bertz CT molecular complexity index is 521. The van der Waals surface area contributed by atoms with E-state index in [4.69, 9.17) is 16.3 Å². The highest BCUT2D eigenvalue weighted by atomic mass is 79.9. The van der Waals surface area contributed by atoms with Crippen LogP contribution in [0.15, 0.2) is 22.7 Å². The number of benzene rings is 1. The van der Waals surface area contributed by atoms with Crippen molar-refractivity contribution in [1.29, 1.82) is 0 Å². The van der Waals surface area contributed by atoms with Crippen LogP contribution >= 0.6 is 27.5 Å². The summed E-state index contributed by atoms with van der Waals surface area (Å²) >= 11 is 9.31. The molecule has 0 spiro atoms. The molecule has 0 aliphatic rings. The zero-order valence-electron chi connectivity index (χ0n) is 11.6. The first-order valence-corrected chi connectivity index (χ1v) is 7.37. The third kappa shape index (κ3) is 3.96. The van der Waals surface area contributed by atoms with E-state index in [1.54, 1.807) is 25.1 Å². The first-order chi connectivity index (χ1) is 9.34. The summed E-state index contributed by atoms with van der Waals surface area (Å²) in [6.07, 6.45) is 1.22. The first-order valence-electron chi connectivity index (χ1n) is 6.20. The largest absolute Gasteiger partial charge is 0.467 e. The molecule has 0 saturated carbocycles. The molecule has 1 aromatic rings. The second-order valence-corrected chi connectivity index (χ2v) is 5.97. The Labute approximate surface area is 132 Å². The van der Waals surface area contributed by atoms with Gasteiger partial charge in [-0.3, -0.25) is 4.79 Å². The molecule has 0 aliphatic carbocycles. The van der Waals surface area contributed by atoms with E-state index in [2.05, 4.69) is 21.2 Å². The molecule has 1 N–H and O–H groups in total. The molecule has 4 nitrogen and oxygen atoms in total. The summed E-state index contributed by atoms with van der Waals surface area (Å²) in [5.74, 6) is -0.871. The van der Waals surface area contributed by atoms with Crippen LogP contribution in [0.5, 0.6) is 0 Å². The number of rotatable bonds is 5. The second-order valence-electron chi connectivity index (χ2n) is 4.65. The summed E-state index contributed by atoms with van der Waals surface area (Å²) in [4.78, 5) is 24.1. The van der Waals surface area contributed by atoms with Gasteiger partial charge in [0.25, 0.3) is 5.91 Å². The first kappa shape index (κ1) is 17.0. The van der Waals surface area contributed by atoms with Crippen molar-refractivity contribution in [3.05, 3.63) is 33.3 Å². The fraction of sp³-hybridized carbons (Fsp3) is 0.429. The van der Waals surface area contributed by atoms with Crippen LogP contribution in [0.25, 0.3) is 0 Å². The molecule has 1 unspecified atom stereocenters. The van der Waals surface area contributed by atoms with Gasteiger partial charge in [-0.2, -0.15) is 0 Å². The Morgan fingerprint density at radius 1 is 1.45 bits per heavy atom. The molecule has 6 heteroatoms. The zero-order chi connectivity index (χ0) is 15.3.